The zero-order valence-corrected chi connectivity index (χ0v) is 15.8. The summed E-state index contributed by atoms with van der Waals surface area (Å²) < 4.78 is 11.6. The van der Waals surface area contributed by atoms with Crippen LogP contribution in [-0.2, 0) is 4.74 Å². The molecule has 1 N–H and O–H groups in total. The molecule has 0 atom stereocenters. The average molecular weight is 386 g/mol. The molecule has 6 heteroatoms. The van der Waals surface area contributed by atoms with Gasteiger partial charge in [-0.2, -0.15) is 0 Å². The average Bonchev–Trinajstić information content (AvgIpc) is 2.41. The Morgan fingerprint density at radius 3 is 2.48 bits per heavy atom. The number of benzene rings is 1. The Morgan fingerprint density at radius 2 is 1.91 bits per heavy atom. The van der Waals surface area contributed by atoms with Crippen LogP contribution in [0.4, 0.5) is 4.79 Å². The minimum Gasteiger partial charge on any atom is -0.491 e. The van der Waals surface area contributed by atoms with Gasteiger partial charge in [0.1, 0.15) is 18.0 Å². The smallest absolute Gasteiger partial charge is 0.407 e. The predicted molar refractivity (Wildman–Crippen MR) is 93.0 cm³/mol. The molecule has 0 saturated heterocycles. The summed E-state index contributed by atoms with van der Waals surface area (Å²) >= 11 is 3.37. The lowest BCUT2D eigenvalue weighted by atomic mass is 10.0. The standard InChI is InChI=1S/C17H24BrNO4/c1-11(2)15(20)13-7-6-12(18)10-14(13)22-9-8-19-16(21)23-17(3,4)5/h6-7,10-11H,8-9H2,1-5H3,(H,19,21). The van der Waals surface area contributed by atoms with Crippen LogP contribution in [0.25, 0.3) is 0 Å². The number of Topliss-reactive ketones (excluding diaryl/α,β-unsaturated/α-hetero) is 1. The van der Waals surface area contributed by atoms with Gasteiger partial charge in [-0.05, 0) is 39.0 Å². The van der Waals surface area contributed by atoms with Gasteiger partial charge in [0.05, 0.1) is 12.1 Å². The highest BCUT2D eigenvalue weighted by Crippen LogP contribution is 2.26. The van der Waals surface area contributed by atoms with Crippen molar-refractivity contribution in [3.63, 3.8) is 0 Å². The Hall–Kier alpha value is -1.56. The molecule has 0 saturated carbocycles. The summed E-state index contributed by atoms with van der Waals surface area (Å²) in [6, 6.07) is 5.30. The number of halogens is 1. The van der Waals surface area contributed by atoms with Crippen molar-refractivity contribution in [2.75, 3.05) is 13.2 Å². The van der Waals surface area contributed by atoms with Crippen molar-refractivity contribution in [1.82, 2.24) is 5.32 Å². The molecule has 0 unspecified atom stereocenters. The Bertz CT molecular complexity index is 564. The first kappa shape index (κ1) is 19.5. The third kappa shape index (κ3) is 7.03. The summed E-state index contributed by atoms with van der Waals surface area (Å²) in [7, 11) is 0. The van der Waals surface area contributed by atoms with E-state index in [2.05, 4.69) is 21.2 Å². The van der Waals surface area contributed by atoms with Crippen molar-refractivity contribution in [3.05, 3.63) is 28.2 Å². The van der Waals surface area contributed by atoms with Crippen molar-refractivity contribution < 1.29 is 19.1 Å². The molecular weight excluding hydrogens is 362 g/mol. The minimum atomic E-state index is -0.536. The van der Waals surface area contributed by atoms with Gasteiger partial charge in [-0.25, -0.2) is 4.79 Å². The van der Waals surface area contributed by atoms with Crippen LogP contribution in [0.3, 0.4) is 0 Å². The fraction of sp³-hybridized carbons (Fsp3) is 0.529. The number of hydrogen-bond acceptors (Lipinski definition) is 4. The quantitative estimate of drug-likeness (QED) is 0.588. The minimum absolute atomic E-state index is 0.0209. The van der Waals surface area contributed by atoms with E-state index < -0.39 is 11.7 Å². The van der Waals surface area contributed by atoms with Gasteiger partial charge in [-0.1, -0.05) is 29.8 Å². The van der Waals surface area contributed by atoms with E-state index in [0.717, 1.165) is 4.47 Å². The number of carbonyl (C=O) groups excluding carboxylic acids is 2. The molecule has 0 aliphatic rings. The maximum Gasteiger partial charge on any atom is 0.407 e. The number of nitrogens with one attached hydrogen (secondary N) is 1. The van der Waals surface area contributed by atoms with E-state index in [9.17, 15) is 9.59 Å². The Kier molecular flexibility index (Phi) is 7.06. The lowest BCUT2D eigenvalue weighted by Gasteiger charge is -2.19. The molecule has 1 amide bonds. The molecule has 1 aromatic carbocycles. The zero-order valence-electron chi connectivity index (χ0n) is 14.2. The molecule has 0 aliphatic heterocycles. The number of ether oxygens (including phenoxy) is 2. The maximum atomic E-state index is 12.2. The van der Waals surface area contributed by atoms with Crippen LogP contribution in [0.2, 0.25) is 0 Å². The van der Waals surface area contributed by atoms with Crippen molar-refractivity contribution in [1.29, 1.82) is 0 Å². The maximum absolute atomic E-state index is 12.2. The van der Waals surface area contributed by atoms with Gasteiger partial charge >= 0.3 is 6.09 Å². The summed E-state index contributed by atoms with van der Waals surface area (Å²) in [5, 5.41) is 2.61. The van der Waals surface area contributed by atoms with E-state index in [1.165, 1.54) is 0 Å². The van der Waals surface area contributed by atoms with Crippen LogP contribution in [0, 0.1) is 5.92 Å². The fourth-order valence-corrected chi connectivity index (χ4v) is 2.10. The summed E-state index contributed by atoms with van der Waals surface area (Å²) in [5.74, 6) is 0.412. The van der Waals surface area contributed by atoms with Gasteiger partial charge in [0.2, 0.25) is 0 Å². The first-order valence-electron chi connectivity index (χ1n) is 7.53. The molecule has 0 bridgehead atoms. The Labute approximate surface area is 145 Å². The number of amides is 1. The molecular formula is C17H24BrNO4. The van der Waals surface area contributed by atoms with Crippen LogP contribution >= 0.6 is 15.9 Å². The first-order valence-corrected chi connectivity index (χ1v) is 8.33. The van der Waals surface area contributed by atoms with Crippen molar-refractivity contribution in [2.45, 2.75) is 40.2 Å². The summed E-state index contributed by atoms with van der Waals surface area (Å²) in [5.41, 5.74) is 0.00647. The fourth-order valence-electron chi connectivity index (χ4n) is 1.76. The second-order valence-electron chi connectivity index (χ2n) is 6.44. The van der Waals surface area contributed by atoms with Gasteiger partial charge in [0.25, 0.3) is 0 Å². The van der Waals surface area contributed by atoms with E-state index in [1.807, 2.05) is 13.8 Å². The molecule has 0 radical (unpaired) electrons. The molecule has 5 nitrogen and oxygen atoms in total. The van der Waals surface area contributed by atoms with E-state index >= 15 is 0 Å². The third-order valence-corrected chi connectivity index (χ3v) is 3.25. The van der Waals surface area contributed by atoms with Gasteiger partial charge in [-0.3, -0.25) is 4.79 Å². The molecule has 0 heterocycles. The highest BCUT2D eigenvalue weighted by atomic mass is 79.9. The number of carbonyl (C=O) groups is 2. The van der Waals surface area contributed by atoms with E-state index in [-0.39, 0.29) is 24.9 Å². The number of ketones is 1. The van der Waals surface area contributed by atoms with Gasteiger partial charge in [0.15, 0.2) is 5.78 Å². The number of alkyl carbamates (subject to hydrolysis) is 1. The van der Waals surface area contributed by atoms with E-state index in [0.29, 0.717) is 11.3 Å². The van der Waals surface area contributed by atoms with Crippen LogP contribution in [0.1, 0.15) is 45.0 Å². The number of rotatable bonds is 6. The summed E-state index contributed by atoms with van der Waals surface area (Å²) in [6.45, 7) is 9.62. The zero-order chi connectivity index (χ0) is 17.6. The van der Waals surface area contributed by atoms with E-state index in [1.54, 1.807) is 39.0 Å². The topological polar surface area (TPSA) is 64.6 Å². The Balaban J connectivity index is 2.59. The second-order valence-corrected chi connectivity index (χ2v) is 7.35. The molecule has 1 aromatic rings. The molecule has 0 aliphatic carbocycles. The van der Waals surface area contributed by atoms with Crippen LogP contribution in [0.15, 0.2) is 22.7 Å². The number of hydrogen-bond donors (Lipinski definition) is 1. The molecule has 23 heavy (non-hydrogen) atoms. The van der Waals surface area contributed by atoms with Crippen LogP contribution in [-0.4, -0.2) is 30.6 Å². The molecule has 128 valence electrons. The normalized spacial score (nSPS) is 11.3. The van der Waals surface area contributed by atoms with Crippen molar-refractivity contribution >= 4 is 27.8 Å². The van der Waals surface area contributed by atoms with Crippen LogP contribution < -0.4 is 10.1 Å². The lowest BCUT2D eigenvalue weighted by molar-refractivity contribution is 0.0519. The molecule has 0 aromatic heterocycles. The largest absolute Gasteiger partial charge is 0.491 e. The van der Waals surface area contributed by atoms with Gasteiger partial charge in [0, 0.05) is 10.4 Å². The second kappa shape index (κ2) is 8.34. The lowest BCUT2D eigenvalue weighted by Crippen LogP contribution is -2.34. The third-order valence-electron chi connectivity index (χ3n) is 2.76. The van der Waals surface area contributed by atoms with Crippen molar-refractivity contribution in [2.24, 2.45) is 5.92 Å². The first-order chi connectivity index (χ1) is 10.6. The molecule has 1 rings (SSSR count). The van der Waals surface area contributed by atoms with E-state index in [4.69, 9.17) is 9.47 Å². The van der Waals surface area contributed by atoms with Crippen LogP contribution in [0.5, 0.6) is 5.75 Å². The summed E-state index contributed by atoms with van der Waals surface area (Å²) in [4.78, 5) is 23.7. The predicted octanol–water partition coefficient (Wildman–Crippen LogP) is 4.19. The highest BCUT2D eigenvalue weighted by molar-refractivity contribution is 9.10. The highest BCUT2D eigenvalue weighted by Gasteiger charge is 2.17. The molecule has 0 spiro atoms. The Morgan fingerprint density at radius 1 is 1.26 bits per heavy atom. The van der Waals surface area contributed by atoms with Crippen molar-refractivity contribution in [3.8, 4) is 5.75 Å². The molecule has 0 fully saturated rings. The monoisotopic (exact) mass is 385 g/mol. The van der Waals surface area contributed by atoms with Gasteiger partial charge < -0.3 is 14.8 Å². The SMILES string of the molecule is CC(C)C(=O)c1ccc(Br)cc1OCCNC(=O)OC(C)(C)C. The van der Waals surface area contributed by atoms with Gasteiger partial charge in [-0.15, -0.1) is 0 Å². The summed E-state index contributed by atoms with van der Waals surface area (Å²) in [6.07, 6.45) is -0.492.